The van der Waals surface area contributed by atoms with Gasteiger partial charge in [-0.15, -0.1) is 0 Å². The van der Waals surface area contributed by atoms with Crippen molar-refractivity contribution < 1.29 is 4.74 Å². The van der Waals surface area contributed by atoms with Gasteiger partial charge in [0.15, 0.2) is 0 Å². The van der Waals surface area contributed by atoms with Gasteiger partial charge in [0.2, 0.25) is 0 Å². The number of benzene rings is 1. The molecule has 0 amide bonds. The highest BCUT2D eigenvalue weighted by atomic mass is 16.5. The molecule has 120 valence electrons. The molecule has 0 fully saturated rings. The van der Waals surface area contributed by atoms with Crippen LogP contribution in [0.4, 0.5) is 0 Å². The lowest BCUT2D eigenvalue weighted by molar-refractivity contribution is 0.275. The Morgan fingerprint density at radius 1 is 1.05 bits per heavy atom. The molecule has 0 unspecified atom stereocenters. The smallest absolute Gasteiger partial charge is 0.126 e. The van der Waals surface area contributed by atoms with E-state index in [1.807, 2.05) is 0 Å². The summed E-state index contributed by atoms with van der Waals surface area (Å²) >= 11 is 0. The van der Waals surface area contributed by atoms with E-state index >= 15 is 0 Å². The van der Waals surface area contributed by atoms with Gasteiger partial charge in [0.05, 0.1) is 0 Å². The van der Waals surface area contributed by atoms with Crippen LogP contribution in [-0.2, 0) is 0 Å². The second-order valence-corrected chi connectivity index (χ2v) is 7.09. The van der Waals surface area contributed by atoms with E-state index in [1.54, 1.807) is 0 Å². The molecule has 0 saturated carbocycles. The molecule has 0 saturated heterocycles. The summed E-state index contributed by atoms with van der Waals surface area (Å²) in [6.45, 7) is 17.2. The first kappa shape index (κ1) is 18.0. The lowest BCUT2D eigenvalue weighted by Gasteiger charge is -2.25. The molecule has 0 heterocycles. The van der Waals surface area contributed by atoms with Crippen LogP contribution >= 0.6 is 0 Å². The zero-order valence-electron chi connectivity index (χ0n) is 14.9. The van der Waals surface area contributed by atoms with Crippen LogP contribution in [0, 0.1) is 0 Å². The monoisotopic (exact) mass is 291 g/mol. The van der Waals surface area contributed by atoms with Crippen molar-refractivity contribution in [1.29, 1.82) is 0 Å². The first-order valence-corrected chi connectivity index (χ1v) is 8.29. The van der Waals surface area contributed by atoms with Gasteiger partial charge in [0.1, 0.15) is 12.4 Å². The quantitative estimate of drug-likeness (QED) is 0.674. The van der Waals surface area contributed by atoms with Gasteiger partial charge < -0.3 is 10.1 Å². The maximum Gasteiger partial charge on any atom is 0.126 e. The predicted molar refractivity (Wildman–Crippen MR) is 92.5 cm³/mol. The van der Waals surface area contributed by atoms with Crippen molar-refractivity contribution >= 4 is 0 Å². The van der Waals surface area contributed by atoms with Gasteiger partial charge in [0, 0.05) is 12.1 Å². The summed E-state index contributed by atoms with van der Waals surface area (Å²) in [6.07, 6.45) is 1.12. The molecule has 0 atom stereocenters. The summed E-state index contributed by atoms with van der Waals surface area (Å²) in [5, 5.41) is 3.55. The Bertz CT molecular complexity index is 409. The lowest BCUT2D eigenvalue weighted by atomic mass is 9.94. The minimum atomic E-state index is 0.182. The van der Waals surface area contributed by atoms with E-state index in [-0.39, 0.29) is 5.54 Å². The molecule has 2 heteroatoms. The average molecular weight is 291 g/mol. The Kier molecular flexibility index (Phi) is 6.73. The molecule has 0 aliphatic carbocycles. The Labute approximate surface area is 131 Å². The first-order valence-electron chi connectivity index (χ1n) is 8.29. The van der Waals surface area contributed by atoms with Crippen molar-refractivity contribution in [1.82, 2.24) is 5.32 Å². The number of hydrogen-bond acceptors (Lipinski definition) is 2. The van der Waals surface area contributed by atoms with Crippen LogP contribution in [0.15, 0.2) is 18.2 Å². The second kappa shape index (κ2) is 7.84. The van der Waals surface area contributed by atoms with Gasteiger partial charge in [-0.05, 0) is 43.2 Å². The minimum Gasteiger partial charge on any atom is -0.492 e. The van der Waals surface area contributed by atoms with E-state index < -0.39 is 0 Å². The highest BCUT2D eigenvalue weighted by Gasteiger charge is 2.16. The molecule has 0 spiro atoms. The first-order chi connectivity index (χ1) is 9.78. The highest BCUT2D eigenvalue weighted by Crippen LogP contribution is 2.34. The van der Waals surface area contributed by atoms with Crippen molar-refractivity contribution in [3.05, 3.63) is 29.3 Å². The number of hydrogen-bond donors (Lipinski definition) is 1. The number of para-hydroxylation sites is 1. The molecule has 0 radical (unpaired) electrons. The average Bonchev–Trinajstić information content (AvgIpc) is 2.43. The number of rotatable bonds is 8. The van der Waals surface area contributed by atoms with E-state index in [9.17, 15) is 0 Å². The van der Waals surface area contributed by atoms with Crippen LogP contribution in [0.2, 0.25) is 0 Å². The van der Waals surface area contributed by atoms with Crippen LogP contribution in [0.3, 0.4) is 0 Å². The molecule has 2 nitrogen and oxygen atoms in total. The number of nitrogens with one attached hydrogen (secondary N) is 1. The number of ether oxygens (including phenoxy) is 1. The van der Waals surface area contributed by atoms with E-state index in [1.165, 1.54) is 11.1 Å². The molecule has 0 bridgehead atoms. The van der Waals surface area contributed by atoms with E-state index in [2.05, 4.69) is 72.0 Å². The highest BCUT2D eigenvalue weighted by molar-refractivity contribution is 5.44. The molecule has 0 aliphatic rings. The van der Waals surface area contributed by atoms with Crippen LogP contribution in [-0.4, -0.2) is 18.7 Å². The molecule has 0 aliphatic heterocycles. The topological polar surface area (TPSA) is 21.3 Å². The fourth-order valence-electron chi connectivity index (χ4n) is 2.32. The van der Waals surface area contributed by atoms with E-state index in [4.69, 9.17) is 4.74 Å². The third-order valence-electron chi connectivity index (χ3n) is 4.16. The van der Waals surface area contributed by atoms with Gasteiger partial charge in [-0.3, -0.25) is 0 Å². The van der Waals surface area contributed by atoms with Gasteiger partial charge in [-0.2, -0.15) is 0 Å². The molecular formula is C19H33NO. The van der Waals surface area contributed by atoms with Crippen molar-refractivity contribution in [3.8, 4) is 5.75 Å². The molecule has 1 aromatic carbocycles. The predicted octanol–water partition coefficient (Wildman–Crippen LogP) is 5.09. The molecule has 1 rings (SSSR count). The van der Waals surface area contributed by atoms with Crippen molar-refractivity contribution in [2.24, 2.45) is 0 Å². The van der Waals surface area contributed by atoms with Gasteiger partial charge in [-0.25, -0.2) is 0 Å². The fourth-order valence-corrected chi connectivity index (χ4v) is 2.32. The molecule has 21 heavy (non-hydrogen) atoms. The van der Waals surface area contributed by atoms with Gasteiger partial charge in [-0.1, -0.05) is 52.8 Å². The van der Waals surface area contributed by atoms with Crippen molar-refractivity contribution in [3.63, 3.8) is 0 Å². The van der Waals surface area contributed by atoms with Crippen molar-refractivity contribution in [2.75, 3.05) is 13.2 Å². The zero-order valence-corrected chi connectivity index (χ0v) is 14.9. The summed E-state index contributed by atoms with van der Waals surface area (Å²) in [7, 11) is 0. The minimum absolute atomic E-state index is 0.182. The summed E-state index contributed by atoms with van der Waals surface area (Å²) in [5.74, 6) is 2.07. The van der Waals surface area contributed by atoms with Crippen molar-refractivity contribution in [2.45, 2.75) is 72.3 Å². The zero-order chi connectivity index (χ0) is 16.0. The third-order valence-corrected chi connectivity index (χ3v) is 4.16. The SMILES string of the molecule is CCC(C)(C)NCCOc1c(C(C)C)cccc1C(C)C. The largest absolute Gasteiger partial charge is 0.492 e. The van der Waals surface area contributed by atoms with Gasteiger partial charge >= 0.3 is 0 Å². The normalized spacial score (nSPS) is 12.2. The second-order valence-electron chi connectivity index (χ2n) is 7.09. The third kappa shape index (κ3) is 5.35. The summed E-state index contributed by atoms with van der Waals surface area (Å²) < 4.78 is 6.17. The van der Waals surface area contributed by atoms with Crippen LogP contribution in [0.5, 0.6) is 5.75 Å². The van der Waals surface area contributed by atoms with E-state index in [0.29, 0.717) is 18.4 Å². The van der Waals surface area contributed by atoms with Crippen LogP contribution in [0.1, 0.15) is 77.8 Å². The Morgan fingerprint density at radius 3 is 2.00 bits per heavy atom. The molecule has 1 aromatic rings. The molecular weight excluding hydrogens is 258 g/mol. The van der Waals surface area contributed by atoms with E-state index in [0.717, 1.165) is 18.7 Å². The Balaban J connectivity index is 2.77. The lowest BCUT2D eigenvalue weighted by Crippen LogP contribution is -2.40. The maximum absolute atomic E-state index is 6.17. The maximum atomic E-state index is 6.17. The Morgan fingerprint density at radius 2 is 1.57 bits per heavy atom. The molecule has 1 N–H and O–H groups in total. The summed E-state index contributed by atoms with van der Waals surface area (Å²) in [5.41, 5.74) is 2.81. The van der Waals surface area contributed by atoms with Crippen LogP contribution in [0.25, 0.3) is 0 Å². The fraction of sp³-hybridized carbons (Fsp3) is 0.684. The molecule has 0 aromatic heterocycles. The summed E-state index contributed by atoms with van der Waals surface area (Å²) in [6, 6.07) is 6.53. The van der Waals surface area contributed by atoms with Crippen LogP contribution < -0.4 is 10.1 Å². The Hall–Kier alpha value is -1.02. The standard InChI is InChI=1S/C19H33NO/c1-8-19(6,7)20-12-13-21-18-16(14(2)3)10-9-11-17(18)15(4)5/h9-11,14-15,20H,8,12-13H2,1-7H3. The van der Waals surface area contributed by atoms with Gasteiger partial charge in [0.25, 0.3) is 0 Å². The summed E-state index contributed by atoms with van der Waals surface area (Å²) in [4.78, 5) is 0.